The van der Waals surface area contributed by atoms with Crippen molar-refractivity contribution in [2.24, 2.45) is 0 Å². The predicted molar refractivity (Wildman–Crippen MR) is 45.3 cm³/mol. The van der Waals surface area contributed by atoms with Crippen LogP contribution in [0.3, 0.4) is 0 Å². The van der Waals surface area contributed by atoms with Crippen molar-refractivity contribution in [2.75, 3.05) is 0 Å². The molecule has 1 atom stereocenters. The molecule has 1 aromatic heterocycles. The van der Waals surface area contributed by atoms with Crippen molar-refractivity contribution in [1.82, 2.24) is 4.98 Å². The lowest BCUT2D eigenvalue weighted by Crippen LogP contribution is -1.93. The van der Waals surface area contributed by atoms with Gasteiger partial charge in [0, 0.05) is 5.38 Å². The molecule has 0 aliphatic carbocycles. The number of aryl methyl sites for hydroxylation is 1. The minimum Gasteiger partial charge on any atom is -0.374 e. The Morgan fingerprint density at radius 2 is 2.45 bits per heavy atom. The molecule has 0 aromatic carbocycles. The van der Waals surface area contributed by atoms with Crippen LogP contribution in [0, 0.1) is 18.8 Å². The summed E-state index contributed by atoms with van der Waals surface area (Å²) in [6.45, 7) is 3.60. The van der Waals surface area contributed by atoms with E-state index in [1.807, 2.05) is 12.3 Å². The van der Waals surface area contributed by atoms with E-state index in [1.165, 1.54) is 11.3 Å². The fourth-order valence-corrected chi connectivity index (χ4v) is 1.35. The highest BCUT2D eigenvalue weighted by atomic mass is 32.1. The van der Waals surface area contributed by atoms with Crippen molar-refractivity contribution in [3.63, 3.8) is 0 Å². The Labute approximate surface area is 69.9 Å². The first-order valence-corrected chi connectivity index (χ1v) is 4.14. The highest BCUT2D eigenvalue weighted by Crippen LogP contribution is 2.14. The number of hydrogen-bond acceptors (Lipinski definition) is 3. The van der Waals surface area contributed by atoms with Gasteiger partial charge >= 0.3 is 0 Å². The van der Waals surface area contributed by atoms with Gasteiger partial charge in [-0.15, -0.1) is 17.3 Å². The molecule has 1 rings (SSSR count). The molecule has 1 unspecified atom stereocenters. The van der Waals surface area contributed by atoms with Crippen molar-refractivity contribution in [2.45, 2.75) is 20.0 Å². The Bertz CT molecular complexity index is 295. The van der Waals surface area contributed by atoms with E-state index in [9.17, 15) is 5.11 Å². The Kier molecular flexibility index (Phi) is 2.64. The number of aromatic nitrogens is 1. The standard InChI is InChI=1S/C8H9NOS/c1-3-4-8(10)7-5-11-6(2)9-7/h5,8,10H,1-2H3. The van der Waals surface area contributed by atoms with Crippen molar-refractivity contribution in [3.05, 3.63) is 16.1 Å². The van der Waals surface area contributed by atoms with Crippen molar-refractivity contribution in [3.8, 4) is 11.8 Å². The molecule has 0 radical (unpaired) electrons. The number of rotatable bonds is 1. The minimum atomic E-state index is -0.718. The van der Waals surface area contributed by atoms with E-state index < -0.39 is 6.10 Å². The van der Waals surface area contributed by atoms with Gasteiger partial charge in [0.25, 0.3) is 0 Å². The van der Waals surface area contributed by atoms with Gasteiger partial charge in [0.15, 0.2) is 6.10 Å². The molecule has 0 aliphatic rings. The summed E-state index contributed by atoms with van der Waals surface area (Å²) in [4.78, 5) is 4.10. The number of aliphatic hydroxyl groups is 1. The molecule has 1 heterocycles. The monoisotopic (exact) mass is 167 g/mol. The summed E-state index contributed by atoms with van der Waals surface area (Å²) < 4.78 is 0. The minimum absolute atomic E-state index is 0.654. The summed E-state index contributed by atoms with van der Waals surface area (Å²) in [5.41, 5.74) is 0.654. The quantitative estimate of drug-likeness (QED) is 0.643. The van der Waals surface area contributed by atoms with Crippen LogP contribution in [0.25, 0.3) is 0 Å². The second-order valence-corrected chi connectivity index (χ2v) is 3.15. The topological polar surface area (TPSA) is 33.1 Å². The molecular formula is C8H9NOS. The molecule has 0 saturated carbocycles. The van der Waals surface area contributed by atoms with Gasteiger partial charge < -0.3 is 5.11 Å². The third kappa shape index (κ3) is 2.04. The van der Waals surface area contributed by atoms with Gasteiger partial charge in [0.1, 0.15) is 0 Å². The predicted octanol–water partition coefficient (Wildman–Crippen LogP) is 1.51. The molecule has 2 nitrogen and oxygen atoms in total. The first-order chi connectivity index (χ1) is 5.24. The average molecular weight is 167 g/mol. The summed E-state index contributed by atoms with van der Waals surface area (Å²) in [5.74, 6) is 5.26. The first kappa shape index (κ1) is 8.25. The van der Waals surface area contributed by atoms with E-state index >= 15 is 0 Å². The Hall–Kier alpha value is -0.850. The van der Waals surface area contributed by atoms with Gasteiger partial charge in [-0.05, 0) is 13.8 Å². The maximum atomic E-state index is 9.30. The van der Waals surface area contributed by atoms with Gasteiger partial charge in [-0.25, -0.2) is 4.98 Å². The summed E-state index contributed by atoms with van der Waals surface area (Å²) in [6, 6.07) is 0. The van der Waals surface area contributed by atoms with Crippen LogP contribution in [0.4, 0.5) is 0 Å². The third-order valence-corrected chi connectivity index (χ3v) is 1.99. The highest BCUT2D eigenvalue weighted by Gasteiger charge is 2.05. The molecule has 0 bridgehead atoms. The van der Waals surface area contributed by atoms with Gasteiger partial charge in [-0.1, -0.05) is 5.92 Å². The van der Waals surface area contributed by atoms with Crippen LogP contribution < -0.4 is 0 Å². The first-order valence-electron chi connectivity index (χ1n) is 3.26. The lowest BCUT2D eigenvalue weighted by molar-refractivity contribution is 0.234. The van der Waals surface area contributed by atoms with Crippen LogP contribution in [0.2, 0.25) is 0 Å². The lowest BCUT2D eigenvalue weighted by Gasteiger charge is -1.95. The molecule has 58 valence electrons. The summed E-state index contributed by atoms with van der Waals surface area (Å²) in [7, 11) is 0. The molecule has 11 heavy (non-hydrogen) atoms. The van der Waals surface area contributed by atoms with Crippen LogP contribution in [-0.2, 0) is 0 Å². The van der Waals surface area contributed by atoms with Crippen LogP contribution in [0.1, 0.15) is 23.7 Å². The molecular weight excluding hydrogens is 158 g/mol. The zero-order chi connectivity index (χ0) is 8.27. The van der Waals surface area contributed by atoms with Crippen molar-refractivity contribution in [1.29, 1.82) is 0 Å². The van der Waals surface area contributed by atoms with E-state index in [-0.39, 0.29) is 0 Å². The van der Waals surface area contributed by atoms with Crippen LogP contribution in [-0.4, -0.2) is 10.1 Å². The summed E-state index contributed by atoms with van der Waals surface area (Å²) in [5, 5.41) is 12.1. The Morgan fingerprint density at radius 3 is 2.91 bits per heavy atom. The Balaban J connectivity index is 2.81. The molecule has 0 amide bonds. The highest BCUT2D eigenvalue weighted by molar-refractivity contribution is 7.09. The average Bonchev–Trinajstić information content (AvgIpc) is 2.36. The fourth-order valence-electron chi connectivity index (χ4n) is 0.716. The van der Waals surface area contributed by atoms with Gasteiger partial charge in [0.05, 0.1) is 10.7 Å². The van der Waals surface area contributed by atoms with Gasteiger partial charge in [-0.2, -0.15) is 0 Å². The Morgan fingerprint density at radius 1 is 1.73 bits per heavy atom. The van der Waals surface area contributed by atoms with Crippen LogP contribution >= 0.6 is 11.3 Å². The number of nitrogens with zero attached hydrogens (tertiary/aromatic N) is 1. The number of thiazole rings is 1. The fraction of sp³-hybridized carbons (Fsp3) is 0.375. The van der Waals surface area contributed by atoms with E-state index in [2.05, 4.69) is 16.8 Å². The number of aliphatic hydroxyl groups excluding tert-OH is 1. The van der Waals surface area contributed by atoms with Crippen LogP contribution in [0.15, 0.2) is 5.38 Å². The SMILES string of the molecule is CC#CC(O)c1csc(C)n1. The molecule has 1 aromatic rings. The third-order valence-electron chi connectivity index (χ3n) is 1.20. The normalized spacial score (nSPS) is 11.9. The summed E-state index contributed by atoms with van der Waals surface area (Å²) >= 11 is 1.52. The van der Waals surface area contributed by atoms with E-state index in [4.69, 9.17) is 0 Å². The maximum absolute atomic E-state index is 9.30. The molecule has 0 saturated heterocycles. The largest absolute Gasteiger partial charge is 0.374 e. The maximum Gasteiger partial charge on any atom is 0.157 e. The second-order valence-electron chi connectivity index (χ2n) is 2.09. The van der Waals surface area contributed by atoms with Gasteiger partial charge in [-0.3, -0.25) is 0 Å². The van der Waals surface area contributed by atoms with Crippen molar-refractivity contribution < 1.29 is 5.11 Å². The molecule has 3 heteroatoms. The van der Waals surface area contributed by atoms with Crippen molar-refractivity contribution >= 4 is 11.3 Å². The lowest BCUT2D eigenvalue weighted by atomic mass is 10.3. The zero-order valence-electron chi connectivity index (χ0n) is 6.46. The molecule has 0 spiro atoms. The summed E-state index contributed by atoms with van der Waals surface area (Å²) in [6.07, 6.45) is -0.718. The van der Waals surface area contributed by atoms with E-state index in [0.29, 0.717) is 5.69 Å². The smallest absolute Gasteiger partial charge is 0.157 e. The molecule has 1 N–H and O–H groups in total. The zero-order valence-corrected chi connectivity index (χ0v) is 7.27. The van der Waals surface area contributed by atoms with E-state index in [0.717, 1.165) is 5.01 Å². The molecule has 0 fully saturated rings. The van der Waals surface area contributed by atoms with E-state index in [1.54, 1.807) is 6.92 Å². The number of hydrogen-bond donors (Lipinski definition) is 1. The van der Waals surface area contributed by atoms with Crippen LogP contribution in [0.5, 0.6) is 0 Å². The molecule has 0 aliphatic heterocycles. The second kappa shape index (κ2) is 3.51. The van der Waals surface area contributed by atoms with Gasteiger partial charge in [0.2, 0.25) is 0 Å².